The summed E-state index contributed by atoms with van der Waals surface area (Å²) in [4.78, 5) is 11.7. The zero-order valence-corrected chi connectivity index (χ0v) is 16.2. The molecule has 2 rings (SSSR count). The first-order valence-corrected chi connectivity index (χ1v) is 10.5. The Morgan fingerprint density at radius 3 is 2.85 bits per heavy atom. The van der Waals surface area contributed by atoms with Gasteiger partial charge in [-0.25, -0.2) is 0 Å². The fourth-order valence-corrected chi connectivity index (χ4v) is 3.65. The molecule has 1 aliphatic heterocycles. The number of allylic oxidation sites excluding steroid dienone is 2. The van der Waals surface area contributed by atoms with Crippen LogP contribution in [0.25, 0.3) is 0 Å². The molecule has 2 N–H and O–H groups in total. The van der Waals surface area contributed by atoms with Crippen molar-refractivity contribution in [3.05, 3.63) is 24.3 Å². The van der Waals surface area contributed by atoms with E-state index in [2.05, 4.69) is 13.0 Å². The van der Waals surface area contributed by atoms with Gasteiger partial charge in [0.15, 0.2) is 0 Å². The minimum Gasteiger partial charge on any atom is -0.462 e. The second kappa shape index (κ2) is 11.6. The van der Waals surface area contributed by atoms with Crippen LogP contribution in [-0.2, 0) is 9.53 Å². The standard InChI is InChI=1S/C22H36O4/c1-2-3-4-5-6-8-11-19(23)20(24)15-14-17-16-18(17)21-12-9-7-10-13-22(25)26-21/h6,8,14-15,17-21,23-24H,2-5,7,9-13,16H2,1H3/b8-6-,15-14+/t17-,18-,19+,20+,21-/m1/s1. The molecular weight excluding hydrogens is 328 g/mol. The molecule has 1 saturated heterocycles. The maximum absolute atomic E-state index is 11.7. The molecule has 1 heterocycles. The molecule has 4 nitrogen and oxygen atoms in total. The van der Waals surface area contributed by atoms with E-state index >= 15 is 0 Å². The fraction of sp³-hybridized carbons (Fsp3) is 0.773. The van der Waals surface area contributed by atoms with E-state index in [0.29, 0.717) is 24.7 Å². The maximum Gasteiger partial charge on any atom is 0.306 e. The van der Waals surface area contributed by atoms with Crippen LogP contribution in [0.15, 0.2) is 24.3 Å². The van der Waals surface area contributed by atoms with Gasteiger partial charge in [0.2, 0.25) is 0 Å². The van der Waals surface area contributed by atoms with Crippen LogP contribution in [0.1, 0.15) is 77.6 Å². The van der Waals surface area contributed by atoms with Gasteiger partial charge in [0, 0.05) is 12.3 Å². The van der Waals surface area contributed by atoms with Crippen molar-refractivity contribution < 1.29 is 19.7 Å². The number of hydrogen-bond donors (Lipinski definition) is 2. The summed E-state index contributed by atoms with van der Waals surface area (Å²) in [7, 11) is 0. The molecule has 0 unspecified atom stereocenters. The number of hydrogen-bond acceptors (Lipinski definition) is 4. The Labute approximate surface area is 158 Å². The molecule has 148 valence electrons. The van der Waals surface area contributed by atoms with Crippen molar-refractivity contribution in [2.45, 2.75) is 95.9 Å². The van der Waals surface area contributed by atoms with Crippen LogP contribution >= 0.6 is 0 Å². The van der Waals surface area contributed by atoms with E-state index in [0.717, 1.165) is 38.5 Å². The van der Waals surface area contributed by atoms with Crippen molar-refractivity contribution in [3.8, 4) is 0 Å². The summed E-state index contributed by atoms with van der Waals surface area (Å²) in [6.45, 7) is 2.18. The van der Waals surface area contributed by atoms with E-state index < -0.39 is 12.2 Å². The molecule has 2 fully saturated rings. The molecule has 5 atom stereocenters. The van der Waals surface area contributed by atoms with Gasteiger partial charge in [-0.15, -0.1) is 0 Å². The van der Waals surface area contributed by atoms with E-state index in [9.17, 15) is 15.0 Å². The van der Waals surface area contributed by atoms with E-state index in [1.165, 1.54) is 19.3 Å². The van der Waals surface area contributed by atoms with Gasteiger partial charge in [-0.2, -0.15) is 0 Å². The minimum absolute atomic E-state index is 0.0329. The van der Waals surface area contributed by atoms with Crippen LogP contribution < -0.4 is 0 Å². The van der Waals surface area contributed by atoms with Gasteiger partial charge in [-0.3, -0.25) is 4.79 Å². The SMILES string of the molecule is CCCCC/C=C\C[C@H](O)[C@@H](O)/C=C/[C@@H]1C[C@H]1[C@H]1CCCCCC(=O)O1. The monoisotopic (exact) mass is 364 g/mol. The smallest absolute Gasteiger partial charge is 0.306 e. The van der Waals surface area contributed by atoms with Gasteiger partial charge in [0.05, 0.1) is 12.2 Å². The fourth-order valence-electron chi connectivity index (χ4n) is 3.65. The first-order valence-electron chi connectivity index (χ1n) is 10.5. The molecule has 0 amide bonds. The lowest BCUT2D eigenvalue weighted by atomic mass is 10.0. The van der Waals surface area contributed by atoms with E-state index in [4.69, 9.17) is 4.74 Å². The Hall–Kier alpha value is -1.13. The number of aliphatic hydroxyl groups excluding tert-OH is 2. The number of carbonyl (C=O) groups is 1. The third kappa shape index (κ3) is 7.63. The van der Waals surface area contributed by atoms with Gasteiger partial charge >= 0.3 is 5.97 Å². The predicted molar refractivity (Wildman–Crippen MR) is 104 cm³/mol. The highest BCUT2D eigenvalue weighted by molar-refractivity contribution is 5.69. The third-order valence-electron chi connectivity index (χ3n) is 5.49. The Morgan fingerprint density at radius 2 is 2.04 bits per heavy atom. The van der Waals surface area contributed by atoms with Crippen LogP contribution in [0.2, 0.25) is 0 Å². The van der Waals surface area contributed by atoms with Crippen molar-refractivity contribution in [2.24, 2.45) is 11.8 Å². The van der Waals surface area contributed by atoms with Crippen molar-refractivity contribution in [1.29, 1.82) is 0 Å². The molecule has 0 radical (unpaired) electrons. The highest BCUT2D eigenvalue weighted by Crippen LogP contribution is 2.45. The Morgan fingerprint density at radius 1 is 1.19 bits per heavy atom. The van der Waals surface area contributed by atoms with E-state index in [1.54, 1.807) is 6.08 Å². The average Bonchev–Trinajstić information content (AvgIpc) is 3.38. The Balaban J connectivity index is 1.68. The summed E-state index contributed by atoms with van der Waals surface area (Å²) in [6.07, 6.45) is 17.0. The minimum atomic E-state index is -0.837. The van der Waals surface area contributed by atoms with Crippen molar-refractivity contribution >= 4 is 5.97 Å². The quantitative estimate of drug-likeness (QED) is 0.344. The molecule has 4 heteroatoms. The number of unbranched alkanes of at least 4 members (excludes halogenated alkanes) is 3. The van der Waals surface area contributed by atoms with Gasteiger partial charge in [-0.1, -0.05) is 50.5 Å². The summed E-state index contributed by atoms with van der Waals surface area (Å²) in [6, 6.07) is 0. The maximum atomic E-state index is 11.7. The van der Waals surface area contributed by atoms with Crippen LogP contribution in [0.3, 0.4) is 0 Å². The Kier molecular flexibility index (Phi) is 9.41. The number of rotatable bonds is 10. The molecular formula is C22H36O4. The molecule has 2 aliphatic rings. The lowest BCUT2D eigenvalue weighted by molar-refractivity contribution is -0.151. The first-order chi connectivity index (χ1) is 12.6. The third-order valence-corrected chi connectivity index (χ3v) is 5.49. The zero-order chi connectivity index (χ0) is 18.8. The van der Waals surface area contributed by atoms with Crippen LogP contribution in [0.5, 0.6) is 0 Å². The zero-order valence-electron chi connectivity index (χ0n) is 16.2. The van der Waals surface area contributed by atoms with Crippen molar-refractivity contribution in [1.82, 2.24) is 0 Å². The normalized spacial score (nSPS) is 29.3. The molecule has 0 aromatic carbocycles. The summed E-state index contributed by atoms with van der Waals surface area (Å²) in [5, 5.41) is 20.1. The molecule has 26 heavy (non-hydrogen) atoms. The molecule has 0 bridgehead atoms. The first kappa shape index (κ1) is 21.2. The topological polar surface area (TPSA) is 66.8 Å². The van der Waals surface area contributed by atoms with Crippen molar-refractivity contribution in [3.63, 3.8) is 0 Å². The molecule has 0 aromatic heterocycles. The summed E-state index contributed by atoms with van der Waals surface area (Å²) < 4.78 is 5.60. The van der Waals surface area contributed by atoms with Crippen LogP contribution in [0, 0.1) is 11.8 Å². The van der Waals surface area contributed by atoms with E-state index in [-0.39, 0.29) is 12.1 Å². The molecule has 1 saturated carbocycles. The average molecular weight is 365 g/mol. The summed E-state index contributed by atoms with van der Waals surface area (Å²) >= 11 is 0. The van der Waals surface area contributed by atoms with Crippen LogP contribution in [-0.4, -0.2) is 34.5 Å². The largest absolute Gasteiger partial charge is 0.462 e. The number of ether oxygens (including phenoxy) is 1. The molecule has 1 aliphatic carbocycles. The van der Waals surface area contributed by atoms with E-state index in [1.807, 2.05) is 12.2 Å². The Bertz CT molecular complexity index is 471. The number of cyclic esters (lactones) is 1. The highest BCUT2D eigenvalue weighted by Gasteiger charge is 2.43. The van der Waals surface area contributed by atoms with Gasteiger partial charge in [-0.05, 0) is 50.9 Å². The van der Waals surface area contributed by atoms with Gasteiger partial charge < -0.3 is 14.9 Å². The number of aliphatic hydroxyl groups is 2. The van der Waals surface area contributed by atoms with Crippen molar-refractivity contribution in [2.75, 3.05) is 0 Å². The number of esters is 1. The molecule has 0 spiro atoms. The lowest BCUT2D eigenvalue weighted by Crippen LogP contribution is -2.23. The number of carbonyl (C=O) groups excluding carboxylic acids is 1. The van der Waals surface area contributed by atoms with Crippen LogP contribution in [0.4, 0.5) is 0 Å². The predicted octanol–water partition coefficient (Wildman–Crippen LogP) is 4.30. The summed E-state index contributed by atoms with van der Waals surface area (Å²) in [5.41, 5.74) is 0. The highest BCUT2D eigenvalue weighted by atomic mass is 16.5. The lowest BCUT2D eigenvalue weighted by Gasteiger charge is -2.20. The second-order valence-electron chi connectivity index (χ2n) is 7.84. The molecule has 0 aromatic rings. The van der Waals surface area contributed by atoms with Gasteiger partial charge in [0.25, 0.3) is 0 Å². The summed E-state index contributed by atoms with van der Waals surface area (Å²) in [5.74, 6) is 0.681. The second-order valence-corrected chi connectivity index (χ2v) is 7.84. The van der Waals surface area contributed by atoms with Gasteiger partial charge in [0.1, 0.15) is 6.10 Å².